The number of piperidine rings is 1. The minimum Gasteiger partial charge on any atom is -0.369 e. The van der Waals surface area contributed by atoms with Gasteiger partial charge >= 0.3 is 0 Å². The molecular formula is C17H23ClN4O4S. The van der Waals surface area contributed by atoms with Crippen LogP contribution in [0.2, 0.25) is 5.02 Å². The minimum atomic E-state index is -3.78. The molecule has 8 nitrogen and oxygen atoms in total. The Morgan fingerprint density at radius 1 is 1.22 bits per heavy atom. The van der Waals surface area contributed by atoms with Gasteiger partial charge in [-0.1, -0.05) is 17.7 Å². The molecule has 2 fully saturated rings. The normalized spacial score (nSPS) is 19.7. The summed E-state index contributed by atoms with van der Waals surface area (Å²) in [7, 11) is -3.78. The van der Waals surface area contributed by atoms with Crippen LogP contribution in [0, 0.1) is 5.92 Å². The fraction of sp³-hybridized carbons (Fsp3) is 0.529. The molecule has 2 amide bonds. The molecule has 1 aromatic rings. The number of likely N-dealkylation sites (tertiary alicyclic amines) is 2. The van der Waals surface area contributed by atoms with Crippen molar-refractivity contribution in [1.29, 1.82) is 0 Å². The van der Waals surface area contributed by atoms with Crippen molar-refractivity contribution in [3.05, 3.63) is 29.3 Å². The van der Waals surface area contributed by atoms with Gasteiger partial charge in [0.2, 0.25) is 21.8 Å². The monoisotopic (exact) mass is 414 g/mol. The van der Waals surface area contributed by atoms with E-state index in [-0.39, 0.29) is 35.2 Å². The van der Waals surface area contributed by atoms with Crippen molar-refractivity contribution in [3.8, 4) is 0 Å². The van der Waals surface area contributed by atoms with Crippen molar-refractivity contribution in [2.45, 2.75) is 23.8 Å². The third-order valence-corrected chi connectivity index (χ3v) is 6.82. The molecule has 0 spiro atoms. The molecule has 0 saturated carbocycles. The van der Waals surface area contributed by atoms with Gasteiger partial charge in [0.25, 0.3) is 0 Å². The SMILES string of the molecule is NC(=O)C1CCN(C2CN(C(=O)CNS(=O)(=O)c3cccc(Cl)c3)C2)CC1. The van der Waals surface area contributed by atoms with Gasteiger partial charge in [0.05, 0.1) is 11.4 Å². The number of carbonyl (C=O) groups excluding carboxylic acids is 2. The first-order valence-electron chi connectivity index (χ1n) is 8.82. The second kappa shape index (κ2) is 8.14. The van der Waals surface area contributed by atoms with E-state index in [9.17, 15) is 18.0 Å². The maximum atomic E-state index is 12.2. The molecule has 2 aliphatic heterocycles. The van der Waals surface area contributed by atoms with Crippen LogP contribution < -0.4 is 10.5 Å². The fourth-order valence-corrected chi connectivity index (χ4v) is 4.70. The standard InChI is InChI=1S/C17H23ClN4O4S/c18-13-2-1-3-15(8-13)27(25,26)20-9-16(23)22-10-14(11-22)21-6-4-12(5-7-21)17(19)24/h1-3,8,12,14,20H,4-7,9-11H2,(H2,19,24). The van der Waals surface area contributed by atoms with Crippen LogP contribution in [0.4, 0.5) is 0 Å². The van der Waals surface area contributed by atoms with E-state index in [1.54, 1.807) is 17.0 Å². The summed E-state index contributed by atoms with van der Waals surface area (Å²) in [6.07, 6.45) is 1.50. The third-order valence-electron chi connectivity index (χ3n) is 5.18. The maximum Gasteiger partial charge on any atom is 0.241 e. The number of rotatable bonds is 6. The number of nitrogens with zero attached hydrogens (tertiary/aromatic N) is 2. The number of halogens is 1. The van der Waals surface area contributed by atoms with Crippen LogP contribution in [-0.4, -0.2) is 68.8 Å². The van der Waals surface area contributed by atoms with E-state index in [1.165, 1.54) is 12.1 Å². The highest BCUT2D eigenvalue weighted by Gasteiger charge is 2.37. The predicted octanol–water partition coefficient (Wildman–Crippen LogP) is 0.0264. The molecule has 0 aromatic heterocycles. The fourth-order valence-electron chi connectivity index (χ4n) is 3.43. The molecule has 10 heteroatoms. The van der Waals surface area contributed by atoms with Gasteiger partial charge in [-0.3, -0.25) is 14.5 Å². The molecule has 0 unspecified atom stereocenters. The van der Waals surface area contributed by atoms with Gasteiger partial charge in [-0.2, -0.15) is 0 Å². The van der Waals surface area contributed by atoms with Gasteiger partial charge in [0.1, 0.15) is 0 Å². The van der Waals surface area contributed by atoms with E-state index in [2.05, 4.69) is 9.62 Å². The third kappa shape index (κ3) is 4.78. The lowest BCUT2D eigenvalue weighted by atomic mass is 9.94. The highest BCUT2D eigenvalue weighted by molar-refractivity contribution is 7.89. The summed E-state index contributed by atoms with van der Waals surface area (Å²) >= 11 is 5.81. The number of hydrogen-bond acceptors (Lipinski definition) is 5. The molecule has 3 N–H and O–H groups in total. The molecular weight excluding hydrogens is 392 g/mol. The summed E-state index contributed by atoms with van der Waals surface area (Å²) in [4.78, 5) is 27.4. The van der Waals surface area contributed by atoms with Gasteiger partial charge in [-0.25, -0.2) is 13.1 Å². The quantitative estimate of drug-likeness (QED) is 0.681. The molecule has 0 atom stereocenters. The number of nitrogens with one attached hydrogen (secondary N) is 1. The Hall–Kier alpha value is -1.68. The zero-order valence-electron chi connectivity index (χ0n) is 14.8. The van der Waals surface area contributed by atoms with Crippen molar-refractivity contribution in [2.75, 3.05) is 32.7 Å². The van der Waals surface area contributed by atoms with E-state index < -0.39 is 10.0 Å². The molecule has 2 saturated heterocycles. The van der Waals surface area contributed by atoms with Crippen LogP contribution in [-0.2, 0) is 19.6 Å². The van der Waals surface area contributed by atoms with E-state index in [4.69, 9.17) is 17.3 Å². The summed E-state index contributed by atoms with van der Waals surface area (Å²) in [5, 5.41) is 0.315. The largest absolute Gasteiger partial charge is 0.369 e. The number of primary amides is 1. The number of nitrogens with two attached hydrogens (primary N) is 1. The van der Waals surface area contributed by atoms with Crippen molar-refractivity contribution >= 4 is 33.4 Å². The maximum absolute atomic E-state index is 12.2. The van der Waals surface area contributed by atoms with Crippen LogP contribution in [0.1, 0.15) is 12.8 Å². The Morgan fingerprint density at radius 2 is 1.89 bits per heavy atom. The topological polar surface area (TPSA) is 113 Å². The van der Waals surface area contributed by atoms with Crippen molar-refractivity contribution in [3.63, 3.8) is 0 Å². The molecule has 2 heterocycles. The van der Waals surface area contributed by atoms with Crippen molar-refractivity contribution < 1.29 is 18.0 Å². The van der Waals surface area contributed by atoms with Crippen molar-refractivity contribution in [2.24, 2.45) is 11.7 Å². The smallest absolute Gasteiger partial charge is 0.241 e. The number of hydrogen-bond donors (Lipinski definition) is 2. The average Bonchev–Trinajstić information content (AvgIpc) is 2.59. The average molecular weight is 415 g/mol. The first-order chi connectivity index (χ1) is 12.8. The highest BCUT2D eigenvalue weighted by atomic mass is 35.5. The lowest BCUT2D eigenvalue weighted by Crippen LogP contribution is -2.63. The zero-order valence-corrected chi connectivity index (χ0v) is 16.4. The van der Waals surface area contributed by atoms with Gasteiger partial charge in [-0.15, -0.1) is 0 Å². The first-order valence-corrected chi connectivity index (χ1v) is 10.7. The van der Waals surface area contributed by atoms with Gasteiger partial charge in [0.15, 0.2) is 0 Å². The molecule has 0 aliphatic carbocycles. The lowest BCUT2D eigenvalue weighted by molar-refractivity contribution is -0.138. The number of carbonyl (C=O) groups is 2. The number of amides is 2. The summed E-state index contributed by atoms with van der Waals surface area (Å²) in [6.45, 7) is 2.44. The Morgan fingerprint density at radius 3 is 2.48 bits per heavy atom. The lowest BCUT2D eigenvalue weighted by Gasteiger charge is -2.47. The van der Waals surface area contributed by atoms with Crippen molar-refractivity contribution in [1.82, 2.24) is 14.5 Å². The summed E-state index contributed by atoms with van der Waals surface area (Å²) < 4.78 is 26.8. The zero-order chi connectivity index (χ0) is 19.6. The Balaban J connectivity index is 1.44. The number of benzene rings is 1. The Labute approximate surface area is 163 Å². The highest BCUT2D eigenvalue weighted by Crippen LogP contribution is 2.23. The first kappa shape index (κ1) is 20.1. The van der Waals surface area contributed by atoms with Gasteiger partial charge in [0, 0.05) is 30.1 Å². The summed E-state index contributed by atoms with van der Waals surface area (Å²) in [5.74, 6) is -0.559. The molecule has 2 aliphatic rings. The molecule has 0 bridgehead atoms. The van der Waals surface area contributed by atoms with Crippen LogP contribution >= 0.6 is 11.6 Å². The Bertz CT molecular complexity index is 818. The van der Waals surface area contributed by atoms with E-state index in [0.29, 0.717) is 18.1 Å². The van der Waals surface area contributed by atoms with Gasteiger partial charge < -0.3 is 10.6 Å². The molecule has 27 heavy (non-hydrogen) atoms. The molecule has 148 valence electrons. The van der Waals surface area contributed by atoms with Gasteiger partial charge in [-0.05, 0) is 44.1 Å². The van der Waals surface area contributed by atoms with Crippen LogP contribution in [0.25, 0.3) is 0 Å². The van der Waals surface area contributed by atoms with E-state index >= 15 is 0 Å². The van der Waals surface area contributed by atoms with Crippen LogP contribution in [0.15, 0.2) is 29.2 Å². The van der Waals surface area contributed by atoms with Crippen LogP contribution in [0.3, 0.4) is 0 Å². The molecule has 0 radical (unpaired) electrons. The summed E-state index contributed by atoms with van der Waals surface area (Å²) in [6, 6.07) is 6.14. The minimum absolute atomic E-state index is 0.0293. The second-order valence-corrected chi connectivity index (χ2v) is 9.15. The molecule has 1 aromatic carbocycles. The van der Waals surface area contributed by atoms with E-state index in [1.807, 2.05) is 0 Å². The predicted molar refractivity (Wildman–Crippen MR) is 100 cm³/mol. The summed E-state index contributed by atoms with van der Waals surface area (Å²) in [5.41, 5.74) is 5.34. The second-order valence-electron chi connectivity index (χ2n) is 6.95. The van der Waals surface area contributed by atoms with Crippen LogP contribution in [0.5, 0.6) is 0 Å². The molecule has 3 rings (SSSR count). The Kier molecular flexibility index (Phi) is 6.05. The van der Waals surface area contributed by atoms with E-state index in [0.717, 1.165) is 25.9 Å². The number of sulfonamides is 1.